The number of fused-ring (bicyclic) bond motifs is 4. The van der Waals surface area contributed by atoms with Crippen LogP contribution in [0.15, 0.2) is 72.8 Å². The number of rotatable bonds is 38. The van der Waals surface area contributed by atoms with Gasteiger partial charge in [-0.25, -0.2) is 27.2 Å². The fraction of sp³-hybridized carbons (Fsp3) is 0.567. The van der Waals surface area contributed by atoms with Crippen molar-refractivity contribution in [3.8, 4) is 22.8 Å². The molecule has 31 nitrogen and oxygen atoms in total. The number of nitrogens with zero attached hydrogens (tertiary/aromatic N) is 6. The van der Waals surface area contributed by atoms with Crippen molar-refractivity contribution in [3.05, 3.63) is 118 Å². The van der Waals surface area contributed by atoms with E-state index in [-0.39, 0.29) is 142 Å². The highest BCUT2D eigenvalue weighted by molar-refractivity contribution is 6.00. The first-order valence-electron chi connectivity index (χ1n) is 46.8. The van der Waals surface area contributed by atoms with Crippen LogP contribution in [0.3, 0.4) is 0 Å². The summed E-state index contributed by atoms with van der Waals surface area (Å²) in [5.41, 5.74) is 6.81. The Balaban J connectivity index is 0.000000281. The number of nitrogens with one attached hydrogen (secondary N) is 9. The molecule has 0 bridgehead atoms. The number of hydrogen-bond donors (Lipinski definition) is 13. The lowest BCUT2D eigenvalue weighted by molar-refractivity contribution is -0.138. The van der Waals surface area contributed by atoms with Gasteiger partial charge in [0.05, 0.1) is 66.4 Å². The Morgan fingerprint density at radius 2 is 0.654 bits per heavy atom. The Labute approximate surface area is 775 Å². The Hall–Kier alpha value is -11.1. The number of carbonyl (C=O) groups excluding carboxylic acids is 10. The number of aromatic amines is 4. The maximum Gasteiger partial charge on any atom is 0.410 e. The van der Waals surface area contributed by atoms with E-state index in [1.54, 1.807) is 92.5 Å². The van der Waals surface area contributed by atoms with Crippen LogP contribution < -0.4 is 26.6 Å². The van der Waals surface area contributed by atoms with E-state index in [1.807, 2.05) is 34.6 Å². The number of β-amino-alcohol motifs (C(OH)–C–C–N with tert-alkyl or cyclic N) is 4. The highest BCUT2D eigenvalue weighted by Gasteiger charge is 2.45. The minimum absolute atomic E-state index is 0. The lowest BCUT2D eigenvalue weighted by atomic mass is 9.94. The second-order valence-electron chi connectivity index (χ2n) is 36.0. The van der Waals surface area contributed by atoms with Gasteiger partial charge in [-0.15, -0.1) is 0 Å². The van der Waals surface area contributed by atoms with Crippen molar-refractivity contribution in [1.29, 1.82) is 0 Å². The number of amides is 10. The van der Waals surface area contributed by atoms with Crippen LogP contribution in [0.1, 0.15) is 195 Å². The predicted octanol–water partition coefficient (Wildman–Crippen LogP) is 10.4. The molecule has 0 spiro atoms. The number of hydrogen-bond acceptors (Lipinski definition) is 17. The van der Waals surface area contributed by atoms with Crippen LogP contribution in [0, 0.1) is 29.2 Å². The molecule has 4 aromatic heterocycles. The third-order valence-corrected chi connectivity index (χ3v) is 26.9. The topological polar surface area (TPSA) is 413 Å². The fourth-order valence-corrected chi connectivity index (χ4v) is 18.5. The molecule has 12 rings (SSSR count). The average Bonchev–Trinajstić information content (AvgIpc) is 1.59. The van der Waals surface area contributed by atoms with Crippen molar-refractivity contribution in [1.82, 2.24) is 75.9 Å². The molecule has 16 atom stereocenters. The highest BCUT2D eigenvalue weighted by Crippen LogP contribution is 2.43. The van der Waals surface area contributed by atoms with E-state index in [2.05, 4.69) is 46.5 Å². The maximum absolute atomic E-state index is 15.0. The fourth-order valence-electron chi connectivity index (χ4n) is 18.5. The van der Waals surface area contributed by atoms with E-state index >= 15 is 8.78 Å². The minimum atomic E-state index is -1.000. The quantitative estimate of drug-likeness (QED) is 0.00971. The first-order valence-corrected chi connectivity index (χ1v) is 46.8. The minimum Gasteiger partial charge on any atom is -0.449 e. The molecule has 723 valence electrons. The van der Waals surface area contributed by atoms with E-state index in [0.29, 0.717) is 110 Å². The second kappa shape index (κ2) is 46.7. The molecule has 0 saturated carbocycles. The standard InChI is InChI=1S/C54H76F2N8O10.C43H57F2N7O6.B/c1-9-13-15-21-73-53(71)61(7)31(5)49(67)59-43(11-3)51(69)63-29-37(65)25-35(63)27-41-39-19-17-33(55)23-45(39)57-47(41)48-42(40-20-18-34(56)24-46(40)58-48)28-36-26-38(66)30-64(36)52(70)44(12-4)60-50(68)32(6)62(8)54(72)74-22-16-14-10-2;1-7-22(4)40(55)49-34(8-2)42(57)51-20-28(53)16-26(51)18-32-30-12-10-24(44)14-36(30)47-38(32)39-33(31-13-11-25(45)15-37(31)48-39)19-27-17-29(54)21-52(27)43(58)35(9-3)50-41(56)23(5)46-6;/h17-20,23-24,31-32,35-38,43-44,57-58,65-66H,9-16,21-22,25-30H2,1-8H3,(H,59,67)(H,60,68);10-15,22-23,26-29,34-35,46-48,53-54H,7-9,16-21H2,1-6H3,(H,49,55)(H,50,56);/t31-,32-,35-,36-,37-,38-,43-,44-;22-,23+,26+,27+,28+,29+,34+,35+;/m01./s1. The molecule has 4 aliphatic rings. The third kappa shape index (κ3) is 24.4. The number of aliphatic hydroxyl groups is 4. The number of carbonyl (C=O) groups is 10. The van der Waals surface area contributed by atoms with Crippen molar-refractivity contribution in [2.75, 3.05) is 60.5 Å². The smallest absolute Gasteiger partial charge is 0.410 e. The van der Waals surface area contributed by atoms with Gasteiger partial charge in [0.15, 0.2) is 0 Å². The molecule has 4 aromatic carbocycles. The van der Waals surface area contributed by atoms with Crippen LogP contribution in [0.25, 0.3) is 66.4 Å². The SMILES string of the molecule is CCCCCOC(=O)N(C)[C@@H](C)C(=O)N[C@@H](CC)C(=O)N1C[C@@H](O)C[C@H]1Cc1c(-c2[nH]c3cc(F)ccc3c2C[C@@H]2C[C@H](O)CN2C(=O)[C@H](CC)NC(=O)[C@H](C)N(C)C(=O)OCCCCC)[nH]c2cc(F)ccc12.CC[C@@H](C)C(=O)N[C@@H](CC)C(=O)N1C[C@@H](O)C[C@H]1Cc1c(-c2[nH]c3cc(F)ccc3c2C[C@@H]2C[C@H](O)CN2C(=O)[C@H](CC)NC(=O)[C@H](C)NC)[nH]c2cc(F)ccc12.[B]. The van der Waals surface area contributed by atoms with Crippen LogP contribution in [0.4, 0.5) is 27.2 Å². The van der Waals surface area contributed by atoms with Crippen molar-refractivity contribution >= 4 is 111 Å². The van der Waals surface area contributed by atoms with Gasteiger partial charge in [-0.3, -0.25) is 48.2 Å². The summed E-state index contributed by atoms with van der Waals surface area (Å²) in [7, 11) is 4.57. The molecule has 13 N–H and O–H groups in total. The molecule has 36 heteroatoms. The van der Waals surface area contributed by atoms with Gasteiger partial charge < -0.3 is 96.0 Å². The second-order valence-corrected chi connectivity index (χ2v) is 36.0. The average molecular weight is 1850 g/mol. The van der Waals surface area contributed by atoms with Gasteiger partial charge in [0.2, 0.25) is 47.3 Å². The number of aliphatic hydroxyl groups excluding tert-OH is 4. The molecular formula is C97H133BF4N15O16. The summed E-state index contributed by atoms with van der Waals surface area (Å²) < 4.78 is 70.3. The zero-order valence-corrected chi connectivity index (χ0v) is 78.8. The molecule has 8 heterocycles. The van der Waals surface area contributed by atoms with Gasteiger partial charge in [-0.05, 0) is 219 Å². The van der Waals surface area contributed by atoms with Gasteiger partial charge in [0, 0.05) is 122 Å². The monoisotopic (exact) mass is 1850 g/mol. The summed E-state index contributed by atoms with van der Waals surface area (Å²) in [6.45, 7) is 20.3. The lowest BCUT2D eigenvalue weighted by Crippen LogP contribution is -2.54. The molecule has 10 amide bonds. The van der Waals surface area contributed by atoms with Crippen molar-refractivity contribution in [2.24, 2.45) is 5.92 Å². The number of benzene rings is 4. The maximum atomic E-state index is 15.0. The summed E-state index contributed by atoms with van der Waals surface area (Å²) in [5, 5.41) is 61.1. The van der Waals surface area contributed by atoms with Gasteiger partial charge in [-0.2, -0.15) is 0 Å². The number of halogens is 4. The number of unbranched alkanes of at least 4 members (excludes halogenated alkanes) is 4. The number of likely N-dealkylation sites (tertiary alicyclic amines) is 4. The zero-order chi connectivity index (χ0) is 96.0. The summed E-state index contributed by atoms with van der Waals surface area (Å²) in [4.78, 5) is 158. The van der Waals surface area contributed by atoms with Crippen LogP contribution >= 0.6 is 0 Å². The predicted molar refractivity (Wildman–Crippen MR) is 499 cm³/mol. The zero-order valence-electron chi connectivity index (χ0n) is 78.8. The Morgan fingerprint density at radius 1 is 0.398 bits per heavy atom. The van der Waals surface area contributed by atoms with Crippen molar-refractivity contribution < 1.29 is 95.4 Å². The van der Waals surface area contributed by atoms with E-state index in [0.717, 1.165) is 36.8 Å². The van der Waals surface area contributed by atoms with Gasteiger partial charge in [0.25, 0.3) is 0 Å². The molecule has 133 heavy (non-hydrogen) atoms. The Kier molecular flexibility index (Phi) is 36.5. The molecule has 4 saturated heterocycles. The van der Waals surface area contributed by atoms with Gasteiger partial charge >= 0.3 is 12.2 Å². The van der Waals surface area contributed by atoms with Gasteiger partial charge in [0.1, 0.15) is 59.5 Å². The van der Waals surface area contributed by atoms with Crippen LogP contribution in [0.2, 0.25) is 0 Å². The normalized spacial score (nSPS) is 20.2. The highest BCUT2D eigenvalue weighted by atomic mass is 19.1. The molecule has 0 aliphatic carbocycles. The third-order valence-electron chi connectivity index (χ3n) is 26.9. The number of H-pyrrole nitrogens is 4. The molecule has 4 aliphatic heterocycles. The molecule has 8 aromatic rings. The summed E-state index contributed by atoms with van der Waals surface area (Å²) >= 11 is 0. The Bertz CT molecular complexity index is 5110. The summed E-state index contributed by atoms with van der Waals surface area (Å²) in [5.74, 6) is -5.32. The van der Waals surface area contributed by atoms with E-state index in [4.69, 9.17) is 9.47 Å². The molecule has 0 unspecified atom stereocenters. The largest absolute Gasteiger partial charge is 0.449 e. The molecular weight excluding hydrogens is 1720 g/mol. The summed E-state index contributed by atoms with van der Waals surface area (Å²) in [6, 6.07) is 9.22. The van der Waals surface area contributed by atoms with E-state index in [9.17, 15) is 77.2 Å². The van der Waals surface area contributed by atoms with E-state index < -0.39 is 150 Å². The Morgan fingerprint density at radius 3 is 0.895 bits per heavy atom. The first-order chi connectivity index (χ1) is 63.0. The van der Waals surface area contributed by atoms with E-state index in [1.165, 1.54) is 72.4 Å². The number of likely N-dealkylation sites (N-methyl/N-ethyl adjacent to an activating group) is 3. The molecule has 3 radical (unpaired) electrons. The van der Waals surface area contributed by atoms with Gasteiger partial charge in [-0.1, -0.05) is 81.1 Å². The number of aromatic nitrogens is 4. The summed E-state index contributed by atoms with van der Waals surface area (Å²) in [6.07, 6.45) is 3.84. The number of ether oxygens (including phenoxy) is 2. The van der Waals surface area contributed by atoms with Crippen molar-refractivity contribution in [3.63, 3.8) is 0 Å². The molecule has 4 fully saturated rings. The first kappa shape index (κ1) is 104. The van der Waals surface area contributed by atoms with Crippen molar-refractivity contribution in [2.45, 2.75) is 289 Å². The van der Waals surface area contributed by atoms with Crippen LogP contribution in [-0.2, 0) is 73.5 Å². The van der Waals surface area contributed by atoms with Crippen LogP contribution in [-0.4, -0.2) is 289 Å². The lowest BCUT2D eigenvalue weighted by Gasteiger charge is -2.31. The van der Waals surface area contributed by atoms with Crippen LogP contribution in [0.5, 0.6) is 0 Å².